The molecule has 7 nitrogen and oxygen atoms in total. The molecule has 2 unspecified atom stereocenters. The Morgan fingerprint density at radius 2 is 1.93 bits per heavy atom. The van der Waals surface area contributed by atoms with Gasteiger partial charge < -0.3 is 15.4 Å². The van der Waals surface area contributed by atoms with Crippen LogP contribution >= 0.6 is 0 Å². The monoisotopic (exact) mass is 412 g/mol. The zero-order valence-electron chi connectivity index (χ0n) is 16.2. The summed E-state index contributed by atoms with van der Waals surface area (Å²) in [5.74, 6) is -1.48. The lowest BCUT2D eigenvalue weighted by Crippen LogP contribution is -2.38. The van der Waals surface area contributed by atoms with Gasteiger partial charge >= 0.3 is 5.69 Å². The minimum absolute atomic E-state index is 0.0159. The van der Waals surface area contributed by atoms with Crippen LogP contribution in [0, 0.1) is 18.7 Å². The van der Waals surface area contributed by atoms with Gasteiger partial charge in [0.2, 0.25) is 0 Å². The molecule has 10 heteroatoms. The van der Waals surface area contributed by atoms with Crippen molar-refractivity contribution in [2.24, 2.45) is 11.7 Å². The third-order valence-corrected chi connectivity index (χ3v) is 5.98. The molecule has 0 amide bonds. The second kappa shape index (κ2) is 7.08. The molecule has 1 saturated heterocycles. The van der Waals surface area contributed by atoms with E-state index in [-0.39, 0.29) is 29.4 Å². The van der Waals surface area contributed by atoms with Crippen LogP contribution < -0.4 is 26.6 Å². The molecule has 1 aromatic carbocycles. The molecule has 29 heavy (non-hydrogen) atoms. The lowest BCUT2D eigenvalue weighted by Gasteiger charge is -2.26. The van der Waals surface area contributed by atoms with E-state index in [1.807, 2.05) is 0 Å². The Hall–Kier alpha value is -2.49. The number of ether oxygens (including phenoxy) is 1. The van der Waals surface area contributed by atoms with Crippen molar-refractivity contribution in [1.82, 2.24) is 9.55 Å². The normalized spacial score (nSPS) is 20.7. The first-order chi connectivity index (χ1) is 13.8. The number of benzene rings is 1. The van der Waals surface area contributed by atoms with E-state index in [1.54, 1.807) is 11.8 Å². The minimum atomic E-state index is -2.66. The molecule has 2 heterocycles. The predicted molar refractivity (Wildman–Crippen MR) is 103 cm³/mol. The molecule has 1 saturated carbocycles. The van der Waals surface area contributed by atoms with E-state index in [1.165, 1.54) is 11.7 Å². The zero-order valence-corrected chi connectivity index (χ0v) is 16.2. The summed E-state index contributed by atoms with van der Waals surface area (Å²) in [5, 5.41) is -0.0159. The number of halogens is 3. The van der Waals surface area contributed by atoms with Gasteiger partial charge in [-0.05, 0) is 32.1 Å². The van der Waals surface area contributed by atoms with Gasteiger partial charge in [0.25, 0.3) is 12.0 Å². The number of nitrogens with one attached hydrogen (secondary N) is 1. The Morgan fingerprint density at radius 3 is 2.52 bits per heavy atom. The van der Waals surface area contributed by atoms with Gasteiger partial charge in [-0.3, -0.25) is 14.3 Å². The quantitative estimate of drug-likeness (QED) is 0.783. The van der Waals surface area contributed by atoms with Crippen LogP contribution in [0.3, 0.4) is 0 Å². The fourth-order valence-electron chi connectivity index (χ4n) is 4.38. The third-order valence-electron chi connectivity index (χ3n) is 5.98. The van der Waals surface area contributed by atoms with E-state index in [9.17, 15) is 18.4 Å². The summed E-state index contributed by atoms with van der Waals surface area (Å²) < 4.78 is 48.2. The maximum atomic E-state index is 15.4. The molecule has 1 aliphatic heterocycles. The standard InChI is InChI=1S/C19H23F3N4O3/c1-8-14-11(18(27)24-19(28)26(14)10-3-4-10)16(29-2)12(20)15(8)25-6-5-9(7-25)13(23)17(21)22/h9-10,13,17H,3-7,23H2,1-2H3,(H,24,27,28). The summed E-state index contributed by atoms with van der Waals surface area (Å²) in [7, 11) is 1.25. The smallest absolute Gasteiger partial charge is 0.329 e. The fourth-order valence-corrected chi connectivity index (χ4v) is 4.38. The lowest BCUT2D eigenvalue weighted by molar-refractivity contribution is 0.0929. The van der Waals surface area contributed by atoms with Gasteiger partial charge in [-0.25, -0.2) is 18.0 Å². The predicted octanol–water partition coefficient (Wildman–Crippen LogP) is 1.90. The molecule has 1 aromatic heterocycles. The highest BCUT2D eigenvalue weighted by molar-refractivity contribution is 5.93. The van der Waals surface area contributed by atoms with Crippen molar-refractivity contribution in [3.8, 4) is 5.75 Å². The average Bonchev–Trinajstić information content (AvgIpc) is 3.38. The minimum Gasteiger partial charge on any atom is -0.493 e. The molecule has 2 aliphatic rings. The summed E-state index contributed by atoms with van der Waals surface area (Å²) >= 11 is 0. The van der Waals surface area contributed by atoms with Crippen molar-refractivity contribution in [3.05, 3.63) is 32.2 Å². The second-order valence-electron chi connectivity index (χ2n) is 7.81. The molecule has 3 N–H and O–H groups in total. The van der Waals surface area contributed by atoms with Crippen LogP contribution in [0.1, 0.15) is 30.9 Å². The first kappa shape index (κ1) is 19.8. The molecule has 0 radical (unpaired) electrons. The molecule has 1 aliphatic carbocycles. The Bertz CT molecular complexity index is 1080. The molecule has 4 rings (SSSR count). The fraction of sp³-hybridized carbons (Fsp3) is 0.579. The number of rotatable bonds is 5. The van der Waals surface area contributed by atoms with Crippen LogP contribution in [0.2, 0.25) is 0 Å². The van der Waals surface area contributed by atoms with Crippen molar-refractivity contribution >= 4 is 16.6 Å². The summed E-state index contributed by atoms with van der Waals surface area (Å²) in [6, 6.07) is -1.36. The van der Waals surface area contributed by atoms with E-state index in [0.29, 0.717) is 24.0 Å². The van der Waals surface area contributed by atoms with Gasteiger partial charge in [0.05, 0.1) is 24.4 Å². The Kier molecular flexibility index (Phi) is 4.84. The number of hydrogen-bond acceptors (Lipinski definition) is 5. The highest BCUT2D eigenvalue weighted by atomic mass is 19.3. The highest BCUT2D eigenvalue weighted by Gasteiger charge is 2.36. The number of nitrogens with zero attached hydrogens (tertiary/aromatic N) is 2. The van der Waals surface area contributed by atoms with E-state index >= 15 is 4.39 Å². The van der Waals surface area contributed by atoms with Crippen molar-refractivity contribution in [3.63, 3.8) is 0 Å². The lowest BCUT2D eigenvalue weighted by atomic mass is 10.0. The number of aromatic amines is 1. The van der Waals surface area contributed by atoms with Gasteiger partial charge in [0, 0.05) is 24.7 Å². The number of nitrogens with two attached hydrogens (primary N) is 1. The zero-order chi connectivity index (χ0) is 21.0. The van der Waals surface area contributed by atoms with Gasteiger partial charge in [-0.1, -0.05) is 0 Å². The molecule has 2 atom stereocenters. The van der Waals surface area contributed by atoms with Gasteiger partial charge in [-0.15, -0.1) is 0 Å². The number of alkyl halides is 2. The molecule has 0 bridgehead atoms. The van der Waals surface area contributed by atoms with Crippen LogP contribution in [-0.4, -0.2) is 42.2 Å². The van der Waals surface area contributed by atoms with Crippen LogP contribution in [-0.2, 0) is 0 Å². The van der Waals surface area contributed by atoms with Crippen molar-refractivity contribution in [1.29, 1.82) is 0 Å². The summed E-state index contributed by atoms with van der Waals surface area (Å²) in [6.07, 6.45) is -0.694. The number of fused-ring (bicyclic) bond motifs is 1. The van der Waals surface area contributed by atoms with Gasteiger partial charge in [-0.2, -0.15) is 0 Å². The topological polar surface area (TPSA) is 93.3 Å². The first-order valence-corrected chi connectivity index (χ1v) is 9.59. The van der Waals surface area contributed by atoms with Gasteiger partial charge in [0.15, 0.2) is 11.6 Å². The van der Waals surface area contributed by atoms with E-state index in [0.717, 1.165) is 12.8 Å². The molecular weight excluding hydrogens is 389 g/mol. The molecule has 0 spiro atoms. The molecule has 2 fully saturated rings. The number of aryl methyl sites for hydroxylation is 1. The SMILES string of the molecule is COc1c(F)c(N2CCC(C(N)C(F)F)C2)c(C)c2c1c(=O)[nH]c(=O)n2C1CC1. The van der Waals surface area contributed by atoms with E-state index in [4.69, 9.17) is 10.5 Å². The van der Waals surface area contributed by atoms with Gasteiger partial charge in [0.1, 0.15) is 5.39 Å². The van der Waals surface area contributed by atoms with E-state index < -0.39 is 35.5 Å². The largest absolute Gasteiger partial charge is 0.493 e. The average molecular weight is 412 g/mol. The van der Waals surface area contributed by atoms with Crippen LogP contribution in [0.5, 0.6) is 5.75 Å². The Morgan fingerprint density at radius 1 is 1.24 bits per heavy atom. The van der Waals surface area contributed by atoms with E-state index in [2.05, 4.69) is 4.98 Å². The first-order valence-electron chi connectivity index (χ1n) is 9.59. The molecular formula is C19H23F3N4O3. The summed E-state index contributed by atoms with van der Waals surface area (Å²) in [6.45, 7) is 2.14. The third kappa shape index (κ3) is 3.09. The van der Waals surface area contributed by atoms with Crippen LogP contribution in [0.15, 0.2) is 9.59 Å². The Labute approximate surface area is 164 Å². The molecule has 2 aromatic rings. The Balaban J connectivity index is 1.93. The maximum Gasteiger partial charge on any atom is 0.329 e. The van der Waals surface area contributed by atoms with Crippen molar-refractivity contribution < 1.29 is 17.9 Å². The number of hydrogen-bond donors (Lipinski definition) is 2. The maximum absolute atomic E-state index is 15.4. The molecule has 158 valence electrons. The number of methoxy groups -OCH3 is 1. The second-order valence-corrected chi connectivity index (χ2v) is 7.81. The summed E-state index contributed by atoms with van der Waals surface area (Å²) in [5.41, 5.74) is 5.26. The summed E-state index contributed by atoms with van der Waals surface area (Å²) in [4.78, 5) is 28.9. The highest BCUT2D eigenvalue weighted by Crippen LogP contribution is 2.43. The number of aromatic nitrogens is 2. The van der Waals surface area contributed by atoms with Crippen LogP contribution in [0.25, 0.3) is 10.9 Å². The van der Waals surface area contributed by atoms with Crippen molar-refractivity contribution in [2.45, 2.75) is 44.7 Å². The number of anilines is 1. The van der Waals surface area contributed by atoms with Crippen LogP contribution in [0.4, 0.5) is 18.9 Å². The number of H-pyrrole nitrogens is 1. The van der Waals surface area contributed by atoms with Crippen molar-refractivity contribution in [2.75, 3.05) is 25.1 Å².